The molecule has 0 aromatic heterocycles. The molecule has 0 heterocycles. The third-order valence-corrected chi connectivity index (χ3v) is 3.08. The molecular weight excluding hydrogens is 250 g/mol. The molecule has 20 heavy (non-hydrogen) atoms. The van der Waals surface area contributed by atoms with Crippen LogP contribution in [-0.4, -0.2) is 31.6 Å². The van der Waals surface area contributed by atoms with Crippen molar-refractivity contribution in [3.05, 3.63) is 30.3 Å². The Morgan fingerprint density at radius 1 is 1.45 bits per heavy atom. The van der Waals surface area contributed by atoms with Gasteiger partial charge in [-0.1, -0.05) is 18.2 Å². The van der Waals surface area contributed by atoms with Crippen LogP contribution in [0, 0.1) is 12.3 Å². The number of hydrogen-bond donors (Lipinski definition) is 2. The van der Waals surface area contributed by atoms with Gasteiger partial charge < -0.3 is 16.0 Å². The lowest BCUT2D eigenvalue weighted by Crippen LogP contribution is -2.41. The van der Waals surface area contributed by atoms with Crippen LogP contribution in [0.2, 0.25) is 0 Å². The normalized spacial score (nSPS) is 11.4. The highest BCUT2D eigenvalue weighted by Crippen LogP contribution is 2.12. The molecule has 0 saturated heterocycles. The molecule has 1 amide bonds. The van der Waals surface area contributed by atoms with E-state index in [-0.39, 0.29) is 12.3 Å². The third-order valence-electron chi connectivity index (χ3n) is 3.08. The highest BCUT2D eigenvalue weighted by Gasteiger charge is 2.11. The molecule has 0 aliphatic rings. The molecule has 108 valence electrons. The Bertz CT molecular complexity index is 439. The Hall–Kier alpha value is -1.99. The molecule has 1 atom stereocenters. The van der Waals surface area contributed by atoms with E-state index in [0.29, 0.717) is 6.54 Å². The van der Waals surface area contributed by atoms with Crippen LogP contribution in [0.15, 0.2) is 30.3 Å². The van der Waals surface area contributed by atoms with Crippen molar-refractivity contribution in [1.82, 2.24) is 5.32 Å². The Labute approximate surface area is 121 Å². The highest BCUT2D eigenvalue weighted by molar-refractivity contribution is 5.81. The van der Waals surface area contributed by atoms with E-state index < -0.39 is 6.04 Å². The number of nitrogens with zero attached hydrogens (tertiary/aromatic N) is 1. The number of hydrogen-bond acceptors (Lipinski definition) is 3. The lowest BCUT2D eigenvalue weighted by Gasteiger charge is -2.23. The van der Waals surface area contributed by atoms with Gasteiger partial charge in [-0.15, -0.1) is 12.3 Å². The van der Waals surface area contributed by atoms with Gasteiger partial charge >= 0.3 is 0 Å². The Kier molecular flexibility index (Phi) is 7.23. The zero-order valence-corrected chi connectivity index (χ0v) is 12.0. The average Bonchev–Trinajstić information content (AvgIpc) is 2.48. The largest absolute Gasteiger partial charge is 0.372 e. The van der Waals surface area contributed by atoms with Gasteiger partial charge in [-0.2, -0.15) is 0 Å². The molecule has 4 nitrogen and oxygen atoms in total. The van der Waals surface area contributed by atoms with E-state index in [1.54, 1.807) is 0 Å². The first-order valence-electron chi connectivity index (χ1n) is 6.95. The fourth-order valence-corrected chi connectivity index (χ4v) is 1.94. The lowest BCUT2D eigenvalue weighted by molar-refractivity contribution is -0.122. The topological polar surface area (TPSA) is 58.4 Å². The Balaban J connectivity index is 2.29. The lowest BCUT2D eigenvalue weighted by atomic mass is 10.2. The molecule has 4 heteroatoms. The third kappa shape index (κ3) is 5.33. The van der Waals surface area contributed by atoms with E-state index in [4.69, 9.17) is 12.2 Å². The fourth-order valence-electron chi connectivity index (χ4n) is 1.94. The number of nitrogens with one attached hydrogen (secondary N) is 1. The van der Waals surface area contributed by atoms with Gasteiger partial charge in [-0.05, 0) is 25.5 Å². The number of carbonyl (C=O) groups excluding carboxylic acids is 1. The first kappa shape index (κ1) is 16.1. The van der Waals surface area contributed by atoms with Crippen LogP contribution in [0.3, 0.4) is 0 Å². The molecule has 0 aliphatic carbocycles. The van der Waals surface area contributed by atoms with Crippen molar-refractivity contribution in [1.29, 1.82) is 0 Å². The number of anilines is 1. The Morgan fingerprint density at radius 3 is 2.75 bits per heavy atom. The van der Waals surface area contributed by atoms with E-state index in [2.05, 4.69) is 35.2 Å². The van der Waals surface area contributed by atoms with E-state index in [1.807, 2.05) is 18.2 Å². The number of amides is 1. The SMILES string of the molecule is C#CCC(N)C(=O)NCCCN(CC)c1ccccc1. The van der Waals surface area contributed by atoms with Gasteiger partial charge in [0.15, 0.2) is 0 Å². The molecule has 1 rings (SSSR count). The molecule has 0 radical (unpaired) electrons. The predicted molar refractivity (Wildman–Crippen MR) is 83.4 cm³/mol. The maximum atomic E-state index is 11.6. The van der Waals surface area contributed by atoms with Gasteiger partial charge in [0.05, 0.1) is 6.04 Å². The number of para-hydroxylation sites is 1. The van der Waals surface area contributed by atoms with Crippen molar-refractivity contribution in [2.24, 2.45) is 5.73 Å². The average molecular weight is 273 g/mol. The number of terminal acetylenes is 1. The summed E-state index contributed by atoms with van der Waals surface area (Å²) in [6.45, 7) is 4.56. The molecule has 0 spiro atoms. The summed E-state index contributed by atoms with van der Waals surface area (Å²) < 4.78 is 0. The van der Waals surface area contributed by atoms with Gasteiger partial charge in [0.25, 0.3) is 0 Å². The van der Waals surface area contributed by atoms with E-state index >= 15 is 0 Å². The van der Waals surface area contributed by atoms with Crippen molar-refractivity contribution in [2.45, 2.75) is 25.8 Å². The number of rotatable bonds is 8. The number of benzene rings is 1. The van der Waals surface area contributed by atoms with Crippen molar-refractivity contribution >= 4 is 11.6 Å². The van der Waals surface area contributed by atoms with Gasteiger partial charge in [0.1, 0.15) is 0 Å². The molecule has 0 aliphatic heterocycles. The summed E-state index contributed by atoms with van der Waals surface area (Å²) in [6, 6.07) is 9.63. The summed E-state index contributed by atoms with van der Waals surface area (Å²) in [5, 5.41) is 2.81. The first-order chi connectivity index (χ1) is 9.69. The maximum absolute atomic E-state index is 11.6. The van der Waals surface area contributed by atoms with Crippen molar-refractivity contribution < 1.29 is 4.79 Å². The van der Waals surface area contributed by atoms with E-state index in [0.717, 1.165) is 19.5 Å². The molecule has 0 bridgehead atoms. The summed E-state index contributed by atoms with van der Waals surface area (Å²) in [4.78, 5) is 13.8. The van der Waals surface area contributed by atoms with Crippen molar-refractivity contribution in [3.63, 3.8) is 0 Å². The van der Waals surface area contributed by atoms with Crippen LogP contribution >= 0.6 is 0 Å². The quantitative estimate of drug-likeness (QED) is 0.555. The van der Waals surface area contributed by atoms with E-state index in [9.17, 15) is 4.79 Å². The van der Waals surface area contributed by atoms with Crippen LogP contribution < -0.4 is 16.0 Å². The number of nitrogens with two attached hydrogens (primary N) is 1. The summed E-state index contributed by atoms with van der Waals surface area (Å²) in [5.74, 6) is 2.22. The molecule has 0 saturated carbocycles. The van der Waals surface area contributed by atoms with Crippen LogP contribution in [0.5, 0.6) is 0 Å². The summed E-state index contributed by atoms with van der Waals surface area (Å²) in [6.07, 6.45) is 6.27. The first-order valence-corrected chi connectivity index (χ1v) is 6.95. The van der Waals surface area contributed by atoms with Gasteiger partial charge in [0, 0.05) is 31.7 Å². The van der Waals surface area contributed by atoms with Crippen LogP contribution in [0.25, 0.3) is 0 Å². The molecule has 1 aromatic carbocycles. The second kappa shape index (κ2) is 9.00. The van der Waals surface area contributed by atoms with Gasteiger partial charge in [0.2, 0.25) is 5.91 Å². The van der Waals surface area contributed by atoms with Crippen LogP contribution in [0.4, 0.5) is 5.69 Å². The minimum atomic E-state index is -0.601. The molecule has 1 unspecified atom stereocenters. The van der Waals surface area contributed by atoms with Crippen LogP contribution in [-0.2, 0) is 4.79 Å². The number of carbonyl (C=O) groups is 1. The molecule has 3 N–H and O–H groups in total. The Morgan fingerprint density at radius 2 is 2.15 bits per heavy atom. The summed E-state index contributed by atoms with van der Waals surface area (Å²) >= 11 is 0. The highest BCUT2D eigenvalue weighted by atomic mass is 16.2. The molecular formula is C16H23N3O. The van der Waals surface area contributed by atoms with Crippen molar-refractivity contribution in [3.8, 4) is 12.3 Å². The van der Waals surface area contributed by atoms with E-state index in [1.165, 1.54) is 5.69 Å². The summed E-state index contributed by atoms with van der Waals surface area (Å²) in [7, 11) is 0. The van der Waals surface area contributed by atoms with Crippen LogP contribution in [0.1, 0.15) is 19.8 Å². The second-order valence-corrected chi connectivity index (χ2v) is 4.57. The minimum Gasteiger partial charge on any atom is -0.372 e. The molecule has 1 aromatic rings. The standard InChI is InChI=1S/C16H23N3O/c1-3-9-15(17)16(20)18-12-8-13-19(4-2)14-10-6-5-7-11-14/h1,5-7,10-11,15H,4,8-9,12-13,17H2,2H3,(H,18,20). The minimum absolute atomic E-state index is 0.175. The second-order valence-electron chi connectivity index (χ2n) is 4.57. The zero-order chi connectivity index (χ0) is 14.8. The smallest absolute Gasteiger partial charge is 0.237 e. The predicted octanol–water partition coefficient (Wildman–Crippen LogP) is 1.37. The maximum Gasteiger partial charge on any atom is 0.237 e. The van der Waals surface area contributed by atoms with Gasteiger partial charge in [-0.25, -0.2) is 0 Å². The van der Waals surface area contributed by atoms with Crippen molar-refractivity contribution in [2.75, 3.05) is 24.5 Å². The monoisotopic (exact) mass is 273 g/mol. The molecule has 0 fully saturated rings. The van der Waals surface area contributed by atoms with Gasteiger partial charge in [-0.3, -0.25) is 4.79 Å². The fraction of sp³-hybridized carbons (Fsp3) is 0.438. The zero-order valence-electron chi connectivity index (χ0n) is 12.0. The summed E-state index contributed by atoms with van der Waals surface area (Å²) in [5.41, 5.74) is 6.82.